The van der Waals surface area contributed by atoms with Crippen LogP contribution < -0.4 is 0 Å². The van der Waals surface area contributed by atoms with Crippen molar-refractivity contribution in [3.63, 3.8) is 0 Å². The molecule has 0 rings (SSSR count). The quantitative estimate of drug-likeness (QED) is 0.291. The van der Waals surface area contributed by atoms with Crippen LogP contribution >= 0.6 is 0 Å². The van der Waals surface area contributed by atoms with Gasteiger partial charge in [0.1, 0.15) is 19.2 Å². The molecule has 0 aliphatic heterocycles. The van der Waals surface area contributed by atoms with Crippen LogP contribution in [0.25, 0.3) is 0 Å². The normalized spacial score (nSPS) is 12.7. The van der Waals surface area contributed by atoms with Crippen molar-refractivity contribution in [1.82, 2.24) is 0 Å². The van der Waals surface area contributed by atoms with Crippen LogP contribution in [0.3, 0.4) is 0 Å². The number of hydrogen-bond donors (Lipinski definition) is 0. The van der Waals surface area contributed by atoms with E-state index in [0.717, 1.165) is 6.29 Å². The minimum atomic E-state index is -0.0744. The highest BCUT2D eigenvalue weighted by Gasteiger charge is 2.05. The van der Waals surface area contributed by atoms with Crippen molar-refractivity contribution in [2.75, 3.05) is 40.8 Å². The Morgan fingerprint density at radius 3 is 2.57 bits per heavy atom. The summed E-state index contributed by atoms with van der Waals surface area (Å²) in [6, 6.07) is 0. The van der Waals surface area contributed by atoms with E-state index in [4.69, 9.17) is 18.9 Å². The van der Waals surface area contributed by atoms with Gasteiger partial charge in [0.2, 0.25) is 0 Å². The van der Waals surface area contributed by atoms with E-state index < -0.39 is 0 Å². The lowest BCUT2D eigenvalue weighted by atomic mass is 10.4. The maximum atomic E-state index is 9.92. The molecular formula is C9H18O5. The number of carbonyl (C=O) groups excluding carboxylic acids is 1. The summed E-state index contributed by atoms with van der Waals surface area (Å²) in [7, 11) is 3.20. The Balaban J connectivity index is 3.19. The minimum Gasteiger partial charge on any atom is -0.382 e. The molecule has 0 radical (unpaired) electrons. The molecule has 0 aliphatic carbocycles. The van der Waals surface area contributed by atoms with Gasteiger partial charge in [-0.25, -0.2) is 0 Å². The molecule has 0 saturated carbocycles. The van der Waals surface area contributed by atoms with Crippen LogP contribution in [-0.4, -0.2) is 53.2 Å². The lowest BCUT2D eigenvalue weighted by Crippen LogP contribution is -2.24. The zero-order valence-corrected chi connectivity index (χ0v) is 8.73. The zero-order valence-electron chi connectivity index (χ0n) is 8.73. The highest BCUT2D eigenvalue weighted by Crippen LogP contribution is 1.92. The molecule has 0 fully saturated rings. The van der Waals surface area contributed by atoms with Crippen LogP contribution in [0.15, 0.2) is 0 Å². The Morgan fingerprint density at radius 2 is 2.00 bits per heavy atom. The minimum absolute atomic E-state index is 0.0744. The molecule has 0 aliphatic rings. The van der Waals surface area contributed by atoms with E-state index in [1.54, 1.807) is 14.2 Å². The Morgan fingerprint density at radius 1 is 1.21 bits per heavy atom. The van der Waals surface area contributed by atoms with Gasteiger partial charge in [0.25, 0.3) is 0 Å². The molecule has 1 unspecified atom stereocenters. The summed E-state index contributed by atoms with van der Waals surface area (Å²) in [6.45, 7) is 1.49. The maximum Gasteiger partial charge on any atom is 0.146 e. The Kier molecular flexibility index (Phi) is 10.2. The monoisotopic (exact) mass is 206 g/mol. The van der Waals surface area contributed by atoms with Gasteiger partial charge in [-0.3, -0.25) is 0 Å². The second kappa shape index (κ2) is 10.6. The fraction of sp³-hybridized carbons (Fsp3) is 0.889. The maximum absolute atomic E-state index is 9.92. The first-order valence-corrected chi connectivity index (χ1v) is 4.46. The third-order valence-corrected chi connectivity index (χ3v) is 1.54. The molecule has 0 heterocycles. The van der Waals surface area contributed by atoms with Crippen molar-refractivity contribution >= 4 is 6.29 Å². The number of aldehydes is 1. The molecule has 84 valence electrons. The third-order valence-electron chi connectivity index (χ3n) is 1.54. The third kappa shape index (κ3) is 8.12. The van der Waals surface area contributed by atoms with E-state index in [2.05, 4.69) is 0 Å². The second-order valence-electron chi connectivity index (χ2n) is 2.67. The Bertz CT molecular complexity index is 128. The van der Waals surface area contributed by atoms with Gasteiger partial charge >= 0.3 is 0 Å². The van der Waals surface area contributed by atoms with Crippen molar-refractivity contribution < 1.29 is 23.7 Å². The lowest BCUT2D eigenvalue weighted by molar-refractivity contribution is -0.113. The van der Waals surface area contributed by atoms with Gasteiger partial charge in [0, 0.05) is 20.6 Å². The summed E-state index contributed by atoms with van der Waals surface area (Å²) in [5.41, 5.74) is 0. The summed E-state index contributed by atoms with van der Waals surface area (Å²) in [6.07, 6.45) is 1.13. The molecule has 0 aromatic rings. The zero-order chi connectivity index (χ0) is 10.6. The highest BCUT2D eigenvalue weighted by atomic mass is 16.7. The predicted octanol–water partition coefficient (Wildman–Crippen LogP) is 0.227. The average molecular weight is 206 g/mol. The van der Waals surface area contributed by atoms with E-state index in [-0.39, 0.29) is 12.9 Å². The number of rotatable bonds is 10. The fourth-order valence-electron chi connectivity index (χ4n) is 0.799. The van der Waals surface area contributed by atoms with E-state index >= 15 is 0 Å². The largest absolute Gasteiger partial charge is 0.382 e. The molecule has 0 aromatic heterocycles. The molecule has 0 saturated heterocycles. The molecule has 0 amide bonds. The molecule has 1 atom stereocenters. The number of methoxy groups -OCH3 is 2. The van der Waals surface area contributed by atoms with Crippen LogP contribution in [0.4, 0.5) is 0 Å². The van der Waals surface area contributed by atoms with Crippen molar-refractivity contribution in [3.05, 3.63) is 0 Å². The topological polar surface area (TPSA) is 54.0 Å². The molecule has 0 spiro atoms. The fourth-order valence-corrected chi connectivity index (χ4v) is 0.799. The first-order valence-electron chi connectivity index (χ1n) is 4.46. The van der Waals surface area contributed by atoms with Gasteiger partial charge in [-0.2, -0.15) is 0 Å². The number of carbonyl (C=O) groups is 1. The van der Waals surface area contributed by atoms with E-state index in [9.17, 15) is 4.79 Å². The van der Waals surface area contributed by atoms with Crippen LogP contribution in [0.2, 0.25) is 0 Å². The van der Waals surface area contributed by atoms with E-state index in [0.29, 0.717) is 26.2 Å². The van der Waals surface area contributed by atoms with Gasteiger partial charge in [0.05, 0.1) is 19.8 Å². The van der Waals surface area contributed by atoms with E-state index in [1.165, 1.54) is 0 Å². The summed E-state index contributed by atoms with van der Waals surface area (Å²) in [5.74, 6) is 0. The van der Waals surface area contributed by atoms with Gasteiger partial charge in [-0.15, -0.1) is 0 Å². The summed E-state index contributed by atoms with van der Waals surface area (Å²) in [4.78, 5) is 9.92. The number of ether oxygens (including phenoxy) is 4. The summed E-state index contributed by atoms with van der Waals surface area (Å²) < 4.78 is 20.1. The molecule has 0 aromatic carbocycles. The first-order chi connectivity index (χ1) is 6.85. The Labute approximate surface area is 84.3 Å². The standard InChI is InChI=1S/C9H18O5/c1-11-6-9(12-2)7-14-8-13-5-3-4-10/h4,9H,3,5-8H2,1-2H3. The molecule has 5 heteroatoms. The number of hydrogen-bond acceptors (Lipinski definition) is 5. The Hall–Kier alpha value is -0.490. The molecule has 5 nitrogen and oxygen atoms in total. The van der Waals surface area contributed by atoms with Crippen molar-refractivity contribution in [1.29, 1.82) is 0 Å². The van der Waals surface area contributed by atoms with Crippen LogP contribution in [0.5, 0.6) is 0 Å². The van der Waals surface area contributed by atoms with Gasteiger partial charge in [-0.1, -0.05) is 0 Å². The van der Waals surface area contributed by atoms with Crippen LogP contribution in [0.1, 0.15) is 6.42 Å². The molecule has 0 bridgehead atoms. The lowest BCUT2D eigenvalue weighted by Gasteiger charge is -2.14. The van der Waals surface area contributed by atoms with Crippen molar-refractivity contribution in [2.24, 2.45) is 0 Å². The molecule has 0 N–H and O–H groups in total. The second-order valence-corrected chi connectivity index (χ2v) is 2.67. The van der Waals surface area contributed by atoms with Gasteiger partial charge in [0.15, 0.2) is 0 Å². The van der Waals surface area contributed by atoms with Gasteiger partial charge in [-0.05, 0) is 0 Å². The van der Waals surface area contributed by atoms with Crippen molar-refractivity contribution in [2.45, 2.75) is 12.5 Å². The summed E-state index contributed by atoms with van der Waals surface area (Å²) in [5, 5.41) is 0. The van der Waals surface area contributed by atoms with E-state index in [1.807, 2.05) is 0 Å². The molecule has 14 heavy (non-hydrogen) atoms. The smallest absolute Gasteiger partial charge is 0.146 e. The highest BCUT2D eigenvalue weighted by molar-refractivity contribution is 5.49. The predicted molar refractivity (Wildman–Crippen MR) is 50.1 cm³/mol. The van der Waals surface area contributed by atoms with Crippen LogP contribution in [-0.2, 0) is 23.7 Å². The SMILES string of the molecule is COCC(COCOCCC=O)OC. The summed E-state index contributed by atoms with van der Waals surface area (Å²) >= 11 is 0. The van der Waals surface area contributed by atoms with Crippen molar-refractivity contribution in [3.8, 4) is 0 Å². The molecular weight excluding hydrogens is 188 g/mol. The average Bonchev–Trinajstić information content (AvgIpc) is 2.21. The first kappa shape index (κ1) is 13.5. The van der Waals surface area contributed by atoms with Gasteiger partial charge < -0.3 is 23.7 Å². The van der Waals surface area contributed by atoms with Crippen LogP contribution in [0, 0.1) is 0 Å².